The van der Waals surface area contributed by atoms with Crippen LogP contribution in [0.25, 0.3) is 0 Å². The van der Waals surface area contributed by atoms with Gasteiger partial charge in [-0.3, -0.25) is 4.79 Å². The van der Waals surface area contributed by atoms with E-state index in [1.54, 1.807) is 31.2 Å². The van der Waals surface area contributed by atoms with Gasteiger partial charge in [-0.2, -0.15) is 0 Å². The Kier molecular flexibility index (Phi) is 7.28. The summed E-state index contributed by atoms with van der Waals surface area (Å²) in [6.45, 7) is 2.51. The van der Waals surface area contributed by atoms with E-state index in [1.807, 2.05) is 18.2 Å². The van der Waals surface area contributed by atoms with Crippen LogP contribution in [-0.2, 0) is 19.6 Å². The lowest BCUT2D eigenvalue weighted by Crippen LogP contribution is -2.29. The fourth-order valence-corrected chi connectivity index (χ4v) is 3.44. The van der Waals surface area contributed by atoms with Gasteiger partial charge in [-0.1, -0.05) is 36.4 Å². The van der Waals surface area contributed by atoms with Crippen molar-refractivity contribution in [2.45, 2.75) is 17.9 Å². The molecule has 0 radical (unpaired) electrons. The van der Waals surface area contributed by atoms with Crippen molar-refractivity contribution in [1.82, 2.24) is 4.72 Å². The molecule has 1 amide bonds. The first-order valence-electron chi connectivity index (χ1n) is 8.25. The van der Waals surface area contributed by atoms with E-state index in [4.69, 9.17) is 10.5 Å². The average molecular weight is 377 g/mol. The second kappa shape index (κ2) is 9.44. The third-order valence-electron chi connectivity index (χ3n) is 3.52. The standard InChI is InChI=1S/C18H23N3O4S/c1-2-25-17(14-7-4-3-5-8-14)18(22)21-15-9-6-10-16(13-15)26(23,24)20-12-11-19/h3-10,13,17,20H,2,11-12,19H2,1H3,(H,21,22). The minimum Gasteiger partial charge on any atom is -0.364 e. The van der Waals surface area contributed by atoms with Gasteiger partial charge in [0, 0.05) is 25.4 Å². The molecule has 1 unspecified atom stereocenters. The molecule has 1 atom stereocenters. The van der Waals surface area contributed by atoms with Crippen molar-refractivity contribution in [2.75, 3.05) is 25.0 Å². The van der Waals surface area contributed by atoms with E-state index in [1.165, 1.54) is 12.1 Å². The Balaban J connectivity index is 2.19. The number of hydrogen-bond donors (Lipinski definition) is 3. The van der Waals surface area contributed by atoms with Gasteiger partial charge in [-0.25, -0.2) is 13.1 Å². The van der Waals surface area contributed by atoms with Gasteiger partial charge in [-0.05, 0) is 30.7 Å². The van der Waals surface area contributed by atoms with E-state index in [2.05, 4.69) is 10.0 Å². The van der Waals surface area contributed by atoms with Crippen molar-refractivity contribution in [3.8, 4) is 0 Å². The van der Waals surface area contributed by atoms with E-state index in [-0.39, 0.29) is 23.9 Å². The maximum atomic E-state index is 12.6. The van der Waals surface area contributed by atoms with E-state index < -0.39 is 16.1 Å². The van der Waals surface area contributed by atoms with E-state index in [9.17, 15) is 13.2 Å². The van der Waals surface area contributed by atoms with Crippen LogP contribution in [0.15, 0.2) is 59.5 Å². The number of hydrogen-bond acceptors (Lipinski definition) is 5. The molecule has 4 N–H and O–H groups in total. The summed E-state index contributed by atoms with van der Waals surface area (Å²) in [5, 5.41) is 2.71. The van der Waals surface area contributed by atoms with Crippen molar-refractivity contribution in [1.29, 1.82) is 0 Å². The summed E-state index contributed by atoms with van der Waals surface area (Å²) in [6.07, 6.45) is -0.781. The summed E-state index contributed by atoms with van der Waals surface area (Å²) in [5.41, 5.74) is 6.42. The molecule has 0 aliphatic heterocycles. The Labute approximate surface area is 153 Å². The van der Waals surface area contributed by atoms with Gasteiger partial charge in [0.1, 0.15) is 0 Å². The van der Waals surface area contributed by atoms with Gasteiger partial charge < -0.3 is 15.8 Å². The quantitative estimate of drug-likeness (QED) is 0.615. The number of nitrogens with two attached hydrogens (primary N) is 1. The van der Waals surface area contributed by atoms with Crippen LogP contribution in [0.3, 0.4) is 0 Å². The summed E-state index contributed by atoms with van der Waals surface area (Å²) < 4.78 is 32.3. The molecule has 0 spiro atoms. The minimum atomic E-state index is -3.68. The second-order valence-corrected chi connectivity index (χ2v) is 7.22. The molecule has 0 aliphatic rings. The smallest absolute Gasteiger partial charge is 0.258 e. The molecule has 0 aliphatic carbocycles. The topological polar surface area (TPSA) is 111 Å². The zero-order valence-electron chi connectivity index (χ0n) is 14.5. The summed E-state index contributed by atoms with van der Waals surface area (Å²) in [5.74, 6) is -0.373. The van der Waals surface area contributed by atoms with Crippen molar-refractivity contribution in [3.63, 3.8) is 0 Å². The molecule has 0 aromatic heterocycles. The van der Waals surface area contributed by atoms with Crippen LogP contribution in [0.4, 0.5) is 5.69 Å². The van der Waals surface area contributed by atoms with E-state index in [0.717, 1.165) is 5.56 Å². The lowest BCUT2D eigenvalue weighted by atomic mass is 10.1. The Morgan fingerprint density at radius 3 is 2.54 bits per heavy atom. The third-order valence-corrected chi connectivity index (χ3v) is 4.98. The monoisotopic (exact) mass is 377 g/mol. The molecule has 140 valence electrons. The van der Waals surface area contributed by atoms with Crippen LogP contribution < -0.4 is 15.8 Å². The van der Waals surface area contributed by atoms with Crippen molar-refractivity contribution in [2.24, 2.45) is 5.73 Å². The lowest BCUT2D eigenvalue weighted by molar-refractivity contribution is -0.127. The first kappa shape index (κ1) is 20.1. The number of anilines is 1. The minimum absolute atomic E-state index is 0.0522. The molecule has 8 heteroatoms. The van der Waals surface area contributed by atoms with Gasteiger partial charge in [0.25, 0.3) is 5.91 Å². The maximum Gasteiger partial charge on any atom is 0.258 e. The molecule has 0 saturated heterocycles. The molecule has 0 bridgehead atoms. The lowest BCUT2D eigenvalue weighted by Gasteiger charge is -2.17. The highest BCUT2D eigenvalue weighted by atomic mass is 32.2. The van der Waals surface area contributed by atoms with Gasteiger partial charge in [-0.15, -0.1) is 0 Å². The van der Waals surface area contributed by atoms with Crippen LogP contribution in [0, 0.1) is 0 Å². The first-order valence-corrected chi connectivity index (χ1v) is 9.73. The highest BCUT2D eigenvalue weighted by molar-refractivity contribution is 7.89. The number of benzene rings is 2. The first-order chi connectivity index (χ1) is 12.5. The second-order valence-electron chi connectivity index (χ2n) is 5.45. The van der Waals surface area contributed by atoms with Crippen LogP contribution >= 0.6 is 0 Å². The molecule has 26 heavy (non-hydrogen) atoms. The number of carbonyl (C=O) groups is 1. The van der Waals surface area contributed by atoms with Crippen LogP contribution in [0.2, 0.25) is 0 Å². The zero-order valence-corrected chi connectivity index (χ0v) is 15.3. The SMILES string of the molecule is CCOC(C(=O)Nc1cccc(S(=O)(=O)NCCN)c1)c1ccccc1. The maximum absolute atomic E-state index is 12.6. The molecule has 0 fully saturated rings. The van der Waals surface area contributed by atoms with Gasteiger partial charge in [0.2, 0.25) is 10.0 Å². The fourth-order valence-electron chi connectivity index (χ4n) is 2.34. The predicted molar refractivity (Wildman–Crippen MR) is 100 cm³/mol. The Bertz CT molecular complexity index is 825. The summed E-state index contributed by atoms with van der Waals surface area (Å²) in [4.78, 5) is 12.7. The summed E-state index contributed by atoms with van der Waals surface area (Å²) in [7, 11) is -3.68. The molecular weight excluding hydrogens is 354 g/mol. The van der Waals surface area contributed by atoms with Gasteiger partial charge in [0.15, 0.2) is 6.10 Å². The predicted octanol–water partition coefficient (Wildman–Crippen LogP) is 1.64. The number of amides is 1. The fraction of sp³-hybridized carbons (Fsp3) is 0.278. The van der Waals surface area contributed by atoms with Crippen LogP contribution in [0.5, 0.6) is 0 Å². The average Bonchev–Trinajstić information content (AvgIpc) is 2.65. The van der Waals surface area contributed by atoms with E-state index >= 15 is 0 Å². The molecular formula is C18H23N3O4S. The molecule has 2 aromatic rings. The number of carbonyl (C=O) groups excluding carboxylic acids is 1. The molecule has 7 nitrogen and oxygen atoms in total. The highest BCUT2D eigenvalue weighted by Crippen LogP contribution is 2.21. The van der Waals surface area contributed by atoms with E-state index in [0.29, 0.717) is 12.3 Å². The molecule has 2 aromatic carbocycles. The van der Waals surface area contributed by atoms with Crippen molar-refractivity contribution >= 4 is 21.6 Å². The van der Waals surface area contributed by atoms with Crippen molar-refractivity contribution < 1.29 is 17.9 Å². The summed E-state index contributed by atoms with van der Waals surface area (Å²) >= 11 is 0. The number of sulfonamides is 1. The number of rotatable bonds is 9. The van der Waals surface area contributed by atoms with Crippen LogP contribution in [0.1, 0.15) is 18.6 Å². The third kappa shape index (κ3) is 5.37. The Morgan fingerprint density at radius 1 is 1.15 bits per heavy atom. The molecule has 0 saturated carbocycles. The van der Waals surface area contributed by atoms with Crippen LogP contribution in [-0.4, -0.2) is 34.0 Å². The Morgan fingerprint density at radius 2 is 1.88 bits per heavy atom. The van der Waals surface area contributed by atoms with Crippen molar-refractivity contribution in [3.05, 3.63) is 60.2 Å². The number of ether oxygens (including phenoxy) is 1. The molecule has 0 heterocycles. The zero-order chi connectivity index (χ0) is 19.0. The highest BCUT2D eigenvalue weighted by Gasteiger charge is 2.21. The summed E-state index contributed by atoms with van der Waals surface area (Å²) in [6, 6.07) is 15.1. The largest absolute Gasteiger partial charge is 0.364 e. The number of nitrogens with one attached hydrogen (secondary N) is 2. The van der Waals surface area contributed by atoms with Gasteiger partial charge in [0.05, 0.1) is 4.90 Å². The Hall–Kier alpha value is -2.26. The normalized spacial score (nSPS) is 12.5. The molecule has 2 rings (SSSR count). The van der Waals surface area contributed by atoms with Gasteiger partial charge >= 0.3 is 0 Å².